The van der Waals surface area contributed by atoms with Gasteiger partial charge in [-0.2, -0.15) is 0 Å². The Balaban J connectivity index is -0.000000438. The van der Waals surface area contributed by atoms with Gasteiger partial charge in [0.25, 0.3) is 0 Å². The summed E-state index contributed by atoms with van der Waals surface area (Å²) in [7, 11) is 0. The van der Waals surface area contributed by atoms with Gasteiger partial charge in [-0.3, -0.25) is 9.59 Å². The van der Waals surface area contributed by atoms with Crippen LogP contribution in [0, 0.1) is 5.92 Å². The minimum atomic E-state index is -1.04. The lowest BCUT2D eigenvalue weighted by Gasteiger charge is -2.22. The Labute approximate surface area is 186 Å². The van der Waals surface area contributed by atoms with E-state index in [0.29, 0.717) is 3.53 Å². The zero-order valence-corrected chi connectivity index (χ0v) is 21.3. The van der Waals surface area contributed by atoms with Crippen molar-refractivity contribution in [2.45, 2.75) is 97.0 Å². The van der Waals surface area contributed by atoms with Crippen LogP contribution in [-0.4, -0.2) is 35.2 Å². The highest BCUT2D eigenvalue weighted by atomic mass is 32.2. The van der Waals surface area contributed by atoms with Crippen molar-refractivity contribution in [2.24, 2.45) is 5.92 Å². The van der Waals surface area contributed by atoms with Crippen molar-refractivity contribution in [3.63, 3.8) is 0 Å². The number of carboxylic acid groups (broad SMARTS) is 2. The molecule has 166 valence electrons. The van der Waals surface area contributed by atoms with Crippen molar-refractivity contribution in [2.75, 3.05) is 0 Å². The minimum absolute atomic E-state index is 0.319. The van der Waals surface area contributed by atoms with E-state index in [0.717, 1.165) is 29.4 Å². The molecule has 7 heteroatoms. The van der Waals surface area contributed by atoms with E-state index in [9.17, 15) is 9.59 Å². The SMILES string of the molecule is C=CC.CC(C)(SC(=S)SC(C)(C)C(=O)O)C(=O)O.CCCCC(CC)CC. The molecular formula is C21H40O4S3. The maximum absolute atomic E-state index is 10.8. The summed E-state index contributed by atoms with van der Waals surface area (Å²) < 4.78 is -1.77. The van der Waals surface area contributed by atoms with Gasteiger partial charge in [-0.25, -0.2) is 0 Å². The van der Waals surface area contributed by atoms with E-state index < -0.39 is 21.4 Å². The van der Waals surface area contributed by atoms with Crippen LogP contribution in [0.4, 0.5) is 0 Å². The Bertz CT molecular complexity index is 440. The van der Waals surface area contributed by atoms with Crippen LogP contribution in [0.5, 0.6) is 0 Å². The van der Waals surface area contributed by atoms with Crippen molar-refractivity contribution in [1.29, 1.82) is 0 Å². The normalized spacial score (nSPS) is 10.9. The predicted octanol–water partition coefficient (Wildman–Crippen LogP) is 7.27. The van der Waals surface area contributed by atoms with Gasteiger partial charge in [0.05, 0.1) is 0 Å². The summed E-state index contributed by atoms with van der Waals surface area (Å²) in [5.41, 5.74) is 0. The van der Waals surface area contributed by atoms with Crippen LogP contribution in [0.1, 0.15) is 87.5 Å². The first-order valence-corrected chi connectivity index (χ1v) is 11.7. The van der Waals surface area contributed by atoms with E-state index in [1.807, 2.05) is 6.92 Å². The molecule has 0 radical (unpaired) electrons. The molecule has 0 fully saturated rings. The molecule has 0 aliphatic carbocycles. The Kier molecular flexibility index (Phi) is 19.9. The number of rotatable bonds is 9. The standard InChI is InChI=1S/C9H14O4S3.C9H20.C3H6/c1-8(2,5(10)11)15-7(14)16-9(3,4)6(12)13;1-4-7-8-9(5-2)6-3;1-3-2/h1-4H3,(H,10,11)(H,12,13);9H,4-8H2,1-3H3;3H,1H2,2H3. The summed E-state index contributed by atoms with van der Waals surface area (Å²) in [4.78, 5) is 21.7. The van der Waals surface area contributed by atoms with E-state index in [1.54, 1.807) is 6.08 Å². The molecule has 0 spiro atoms. The number of unbranched alkanes of at least 4 members (excludes halogenated alkanes) is 1. The fraction of sp³-hybridized carbons (Fsp3) is 0.762. The van der Waals surface area contributed by atoms with Gasteiger partial charge >= 0.3 is 11.9 Å². The van der Waals surface area contributed by atoms with E-state index >= 15 is 0 Å². The average Bonchev–Trinajstić information content (AvgIpc) is 2.55. The highest BCUT2D eigenvalue weighted by Crippen LogP contribution is 2.36. The molecule has 0 bridgehead atoms. The van der Waals surface area contributed by atoms with Gasteiger partial charge in [0.1, 0.15) is 13.0 Å². The van der Waals surface area contributed by atoms with E-state index in [1.165, 1.54) is 59.8 Å². The molecule has 0 aliphatic rings. The zero-order chi connectivity index (χ0) is 23.0. The van der Waals surface area contributed by atoms with Crippen LogP contribution in [0.3, 0.4) is 0 Å². The van der Waals surface area contributed by atoms with Gasteiger partial charge < -0.3 is 10.2 Å². The van der Waals surface area contributed by atoms with Gasteiger partial charge in [0.15, 0.2) is 0 Å². The summed E-state index contributed by atoms with van der Waals surface area (Å²) in [6.45, 7) is 18.2. The number of hydrogen-bond donors (Lipinski definition) is 2. The zero-order valence-electron chi connectivity index (χ0n) is 18.8. The van der Waals surface area contributed by atoms with E-state index in [2.05, 4.69) is 27.4 Å². The first-order valence-electron chi connectivity index (χ1n) is 9.71. The molecule has 0 rings (SSSR count). The molecule has 0 saturated heterocycles. The second-order valence-electron chi connectivity index (χ2n) is 7.32. The fourth-order valence-electron chi connectivity index (χ4n) is 1.71. The van der Waals surface area contributed by atoms with Crippen LogP contribution in [-0.2, 0) is 9.59 Å². The average molecular weight is 453 g/mol. The fourth-order valence-corrected chi connectivity index (χ4v) is 5.39. The number of thiocarbonyl (C=S) groups is 1. The van der Waals surface area contributed by atoms with Gasteiger partial charge in [0, 0.05) is 0 Å². The number of thioether (sulfide) groups is 2. The van der Waals surface area contributed by atoms with Crippen molar-refractivity contribution in [3.8, 4) is 0 Å². The summed E-state index contributed by atoms with van der Waals surface area (Å²) in [6.07, 6.45) is 8.72. The Morgan fingerprint density at radius 2 is 1.32 bits per heavy atom. The number of aliphatic carboxylic acids is 2. The van der Waals surface area contributed by atoms with Crippen LogP contribution >= 0.6 is 35.7 Å². The molecule has 0 heterocycles. The second-order valence-corrected chi connectivity index (χ2v) is 11.8. The Morgan fingerprint density at radius 3 is 1.54 bits per heavy atom. The molecule has 0 aromatic heterocycles. The minimum Gasteiger partial charge on any atom is -0.480 e. The van der Waals surface area contributed by atoms with Gasteiger partial charge in [0.2, 0.25) is 0 Å². The third-order valence-electron chi connectivity index (χ3n) is 3.83. The summed E-state index contributed by atoms with van der Waals surface area (Å²) in [5, 5.41) is 17.8. The van der Waals surface area contributed by atoms with Crippen LogP contribution < -0.4 is 0 Å². The van der Waals surface area contributed by atoms with Crippen LogP contribution in [0.25, 0.3) is 0 Å². The van der Waals surface area contributed by atoms with Crippen molar-refractivity contribution in [1.82, 2.24) is 0 Å². The van der Waals surface area contributed by atoms with Gasteiger partial charge in [-0.1, -0.05) is 94.7 Å². The largest absolute Gasteiger partial charge is 0.480 e. The third-order valence-corrected chi connectivity index (χ3v) is 6.53. The number of hydrogen-bond acceptors (Lipinski definition) is 5. The highest BCUT2D eigenvalue weighted by Gasteiger charge is 2.34. The molecule has 2 N–H and O–H groups in total. The summed E-state index contributed by atoms with van der Waals surface area (Å²) in [6, 6.07) is 0. The lowest BCUT2D eigenvalue weighted by atomic mass is 9.97. The van der Waals surface area contributed by atoms with Gasteiger partial charge in [-0.15, -0.1) is 6.58 Å². The molecule has 0 atom stereocenters. The maximum atomic E-state index is 10.8. The molecule has 0 aromatic rings. The number of carbonyl (C=O) groups is 2. The first kappa shape index (κ1) is 32.1. The molecule has 4 nitrogen and oxygen atoms in total. The molecule has 0 unspecified atom stereocenters. The summed E-state index contributed by atoms with van der Waals surface area (Å²) in [5.74, 6) is -0.952. The molecule has 0 amide bonds. The Hall–Kier alpha value is -0.530. The first-order chi connectivity index (χ1) is 12.7. The molecule has 0 aliphatic heterocycles. The molecule has 28 heavy (non-hydrogen) atoms. The number of allylic oxidation sites excluding steroid dienone is 1. The smallest absolute Gasteiger partial charge is 0.319 e. The highest BCUT2D eigenvalue weighted by molar-refractivity contribution is 8.48. The summed E-state index contributed by atoms with van der Waals surface area (Å²) >= 11 is 6.96. The molecular weight excluding hydrogens is 412 g/mol. The van der Waals surface area contributed by atoms with Crippen LogP contribution in [0.15, 0.2) is 12.7 Å². The molecule has 0 aromatic carbocycles. The second kappa shape index (κ2) is 17.3. The predicted molar refractivity (Wildman–Crippen MR) is 131 cm³/mol. The van der Waals surface area contributed by atoms with Crippen LogP contribution in [0.2, 0.25) is 0 Å². The monoisotopic (exact) mass is 452 g/mol. The Morgan fingerprint density at radius 1 is 1.00 bits per heavy atom. The van der Waals surface area contributed by atoms with E-state index in [-0.39, 0.29) is 0 Å². The molecule has 0 saturated carbocycles. The van der Waals surface area contributed by atoms with Crippen molar-refractivity contribution in [3.05, 3.63) is 12.7 Å². The number of carboxylic acids is 2. The lowest BCUT2D eigenvalue weighted by Crippen LogP contribution is -2.31. The van der Waals surface area contributed by atoms with Gasteiger partial charge in [-0.05, 0) is 40.5 Å². The third kappa shape index (κ3) is 17.6. The van der Waals surface area contributed by atoms with E-state index in [4.69, 9.17) is 22.4 Å². The quantitative estimate of drug-likeness (QED) is 0.281. The topological polar surface area (TPSA) is 74.6 Å². The van der Waals surface area contributed by atoms with Crippen molar-refractivity contribution >= 4 is 51.2 Å². The van der Waals surface area contributed by atoms with Crippen molar-refractivity contribution < 1.29 is 19.8 Å². The maximum Gasteiger partial charge on any atom is 0.319 e. The lowest BCUT2D eigenvalue weighted by molar-refractivity contribution is -0.139.